The lowest BCUT2D eigenvalue weighted by atomic mass is 9.49. The number of phenolic OH excluding ortho intramolecular Hbond substituents is 1. The molecule has 0 spiro atoms. The summed E-state index contributed by atoms with van der Waals surface area (Å²) in [7, 11) is 1.17. The summed E-state index contributed by atoms with van der Waals surface area (Å²) >= 11 is 18.8. The number of carbonyl (C=O) groups is 4. The molecule has 4 aromatic rings. The summed E-state index contributed by atoms with van der Waals surface area (Å²) in [4.78, 5) is 66.1. The Morgan fingerprint density at radius 3 is 2.22 bits per heavy atom. The van der Waals surface area contributed by atoms with Crippen LogP contribution in [-0.2, 0) is 36.9 Å². The molecule has 306 valence electrons. The molecule has 8 rings (SSSR count). The number of aromatic nitrogens is 2. The van der Waals surface area contributed by atoms with E-state index in [0.717, 1.165) is 11.1 Å². The van der Waals surface area contributed by atoms with Crippen LogP contribution in [0.25, 0.3) is 0 Å². The Morgan fingerprint density at radius 2 is 1.58 bits per heavy atom. The summed E-state index contributed by atoms with van der Waals surface area (Å²) in [6, 6.07) is 14.2. The molecule has 0 bridgehead atoms. The van der Waals surface area contributed by atoms with E-state index in [2.05, 4.69) is 15.4 Å². The number of benzene rings is 2. The van der Waals surface area contributed by atoms with Gasteiger partial charge in [-0.25, -0.2) is 9.97 Å². The maximum absolute atomic E-state index is 15.2. The van der Waals surface area contributed by atoms with E-state index in [4.69, 9.17) is 34.8 Å². The molecule has 2 aliphatic heterocycles. The number of halogens is 9. The Labute approximate surface area is 345 Å². The maximum atomic E-state index is 15.2. The van der Waals surface area contributed by atoms with E-state index in [9.17, 15) is 45.8 Å². The van der Waals surface area contributed by atoms with Gasteiger partial charge in [0, 0.05) is 24.2 Å². The molecule has 20 heteroatoms. The van der Waals surface area contributed by atoms with Crippen LogP contribution in [-0.4, -0.2) is 55.8 Å². The topological polar surface area (TPSA) is 136 Å². The monoisotopic (exact) mass is 878 g/mol. The zero-order chi connectivity index (χ0) is 42.5. The molecule has 4 aliphatic rings. The predicted molar refractivity (Wildman–Crippen MR) is 199 cm³/mol. The van der Waals surface area contributed by atoms with Crippen LogP contribution in [0.4, 0.5) is 38.0 Å². The third-order valence-corrected chi connectivity index (χ3v) is 12.3. The van der Waals surface area contributed by atoms with Crippen LogP contribution >= 0.6 is 34.8 Å². The zero-order valence-corrected chi connectivity index (χ0v) is 32.3. The number of nitrogens with zero attached hydrogens (tertiary/aromatic N) is 5. The summed E-state index contributed by atoms with van der Waals surface area (Å²) in [6.07, 6.45) is -7.82. The van der Waals surface area contributed by atoms with Crippen LogP contribution in [0, 0.1) is 23.7 Å². The normalized spacial score (nSPS) is 25.5. The first-order valence-corrected chi connectivity index (χ1v) is 18.9. The van der Waals surface area contributed by atoms with Gasteiger partial charge in [0.05, 0.1) is 38.8 Å². The highest BCUT2D eigenvalue weighted by molar-refractivity contribution is 6.33. The fourth-order valence-corrected chi connectivity index (χ4v) is 9.61. The van der Waals surface area contributed by atoms with E-state index in [1.807, 2.05) is 0 Å². The van der Waals surface area contributed by atoms with Gasteiger partial charge in [-0.2, -0.15) is 36.4 Å². The predicted octanol–water partition coefficient (Wildman–Crippen LogP) is 8.22. The number of carbonyl (C=O) groups excluding carboxylic acids is 4. The van der Waals surface area contributed by atoms with Gasteiger partial charge in [0.25, 0.3) is 23.6 Å². The van der Waals surface area contributed by atoms with Gasteiger partial charge in [-0.15, -0.1) is 0 Å². The molecule has 3 fully saturated rings. The molecular weight excluding hydrogens is 853 g/mol. The molecule has 6 unspecified atom stereocenters. The van der Waals surface area contributed by atoms with Gasteiger partial charge < -0.3 is 5.11 Å². The van der Waals surface area contributed by atoms with Crippen LogP contribution in [0.15, 0.2) is 84.6 Å². The molecule has 1 saturated carbocycles. The van der Waals surface area contributed by atoms with Crippen molar-refractivity contribution < 1.29 is 50.6 Å². The molecule has 2 aliphatic carbocycles. The number of fused-ring (bicyclic) bond motifs is 4. The van der Waals surface area contributed by atoms with Crippen molar-refractivity contribution >= 4 is 70.1 Å². The second-order valence-electron chi connectivity index (χ2n) is 14.5. The summed E-state index contributed by atoms with van der Waals surface area (Å²) in [5, 5.41) is 12.3. The zero-order valence-electron chi connectivity index (χ0n) is 30.0. The number of imide groups is 2. The lowest BCUT2D eigenvalue weighted by Gasteiger charge is -2.50. The fraction of sp³-hybridized carbons (Fsp3) is 0.282. The molecule has 59 heavy (non-hydrogen) atoms. The van der Waals surface area contributed by atoms with Crippen molar-refractivity contribution in [2.45, 2.75) is 36.5 Å². The molecule has 11 nitrogen and oxygen atoms in total. The molecular formula is C39H27Cl3F6N6O5. The van der Waals surface area contributed by atoms with Crippen LogP contribution in [0.3, 0.4) is 0 Å². The molecule has 4 heterocycles. The van der Waals surface area contributed by atoms with Crippen molar-refractivity contribution in [1.82, 2.24) is 20.0 Å². The SMILES string of the molecule is CN(c1nc(C(F)(F)F)ccc1Cl)N1C(=O)C2CC=C3C(CC4C(=O)N(Nc5ncc(C(F)(F)F)cc5Cl)C(=O)C4(c4ccc(Cl)cc4)C3c3cccc(O)c3)C2C1=O. The third kappa shape index (κ3) is 6.36. The summed E-state index contributed by atoms with van der Waals surface area (Å²) in [6.45, 7) is 0. The number of aromatic hydroxyl groups is 1. The number of rotatable bonds is 6. The van der Waals surface area contributed by atoms with Gasteiger partial charge in [-0.05, 0) is 72.4 Å². The first kappa shape index (κ1) is 40.4. The molecule has 2 aromatic heterocycles. The number of hydrogen-bond donors (Lipinski definition) is 2. The largest absolute Gasteiger partial charge is 0.508 e. The van der Waals surface area contributed by atoms with E-state index in [0.29, 0.717) is 39.5 Å². The number of nitrogens with one attached hydrogen (secondary N) is 1. The third-order valence-electron chi connectivity index (χ3n) is 11.5. The van der Waals surface area contributed by atoms with Crippen molar-refractivity contribution in [2.75, 3.05) is 17.5 Å². The van der Waals surface area contributed by atoms with Gasteiger partial charge in [0.15, 0.2) is 11.6 Å². The first-order valence-electron chi connectivity index (χ1n) is 17.7. The summed E-state index contributed by atoms with van der Waals surface area (Å²) in [5.74, 6) is -10.2. The minimum atomic E-state index is -4.88. The Kier molecular flexibility index (Phi) is 9.67. The molecule has 2 aromatic carbocycles. The number of amides is 4. The van der Waals surface area contributed by atoms with E-state index in [1.165, 1.54) is 37.4 Å². The maximum Gasteiger partial charge on any atom is 0.433 e. The number of pyridine rings is 2. The highest BCUT2D eigenvalue weighted by atomic mass is 35.5. The van der Waals surface area contributed by atoms with Gasteiger partial charge in [-0.1, -0.05) is 70.7 Å². The number of allylic oxidation sites excluding steroid dienone is 2. The minimum absolute atomic E-state index is 0.0684. The second-order valence-corrected chi connectivity index (χ2v) is 15.8. The van der Waals surface area contributed by atoms with Gasteiger partial charge in [0.1, 0.15) is 11.4 Å². The van der Waals surface area contributed by atoms with Crippen LogP contribution < -0.4 is 10.4 Å². The molecule has 2 saturated heterocycles. The standard InChI is InChI=1S/C39H27Cl3F6N6O5/c1-52(32-26(41)11-12-28(50-32)39(46,47)48)54-33(56)23-10-9-22-24(29(23)35(54)58)15-25-34(57)53(51-31-27(42)14-19(16-49-31)38(43,44)45)36(59)37(25,18-5-7-20(40)8-6-18)30(22)17-3-2-4-21(55)13-17/h2-9,11-14,16,23-25,29-30,55H,10,15H2,1H3,(H,49,51). The lowest BCUT2D eigenvalue weighted by Crippen LogP contribution is -2.53. The molecule has 0 radical (unpaired) electrons. The van der Waals surface area contributed by atoms with Crippen molar-refractivity contribution in [2.24, 2.45) is 23.7 Å². The highest BCUT2D eigenvalue weighted by Gasteiger charge is 2.70. The molecule has 6 atom stereocenters. The Balaban J connectivity index is 1.27. The van der Waals surface area contributed by atoms with Crippen molar-refractivity contribution in [3.8, 4) is 5.75 Å². The van der Waals surface area contributed by atoms with Crippen LogP contribution in [0.1, 0.15) is 41.1 Å². The van der Waals surface area contributed by atoms with Gasteiger partial charge in [-0.3, -0.25) is 29.6 Å². The average Bonchev–Trinajstić information content (AvgIpc) is 3.55. The van der Waals surface area contributed by atoms with Crippen LogP contribution in [0.5, 0.6) is 5.75 Å². The quantitative estimate of drug-likeness (QED) is 0.112. The summed E-state index contributed by atoms with van der Waals surface area (Å²) < 4.78 is 81.5. The number of alkyl halides is 6. The first-order chi connectivity index (χ1) is 27.7. The van der Waals surface area contributed by atoms with Gasteiger partial charge in [0.2, 0.25) is 0 Å². The van der Waals surface area contributed by atoms with E-state index >= 15 is 4.79 Å². The van der Waals surface area contributed by atoms with E-state index in [1.54, 1.807) is 24.3 Å². The van der Waals surface area contributed by atoms with E-state index < -0.39 is 98.9 Å². The number of phenols is 1. The number of hydrogen-bond acceptors (Lipinski definition) is 9. The Hall–Kier alpha value is -5.39. The Morgan fingerprint density at radius 1 is 0.864 bits per heavy atom. The van der Waals surface area contributed by atoms with Crippen molar-refractivity contribution in [3.63, 3.8) is 0 Å². The second kappa shape index (κ2) is 14.1. The van der Waals surface area contributed by atoms with E-state index in [-0.39, 0.29) is 34.2 Å². The minimum Gasteiger partial charge on any atom is -0.508 e. The Bertz CT molecular complexity index is 2490. The highest BCUT2D eigenvalue weighted by Crippen LogP contribution is 2.64. The van der Waals surface area contributed by atoms with Crippen molar-refractivity contribution in [1.29, 1.82) is 0 Å². The van der Waals surface area contributed by atoms with Crippen molar-refractivity contribution in [3.05, 3.63) is 122 Å². The number of hydrazine groups is 2. The molecule has 4 amide bonds. The lowest BCUT2D eigenvalue weighted by molar-refractivity contribution is -0.142. The smallest absolute Gasteiger partial charge is 0.433 e. The van der Waals surface area contributed by atoms with Gasteiger partial charge >= 0.3 is 12.4 Å². The summed E-state index contributed by atoms with van der Waals surface area (Å²) in [5.41, 5.74) is -0.766. The molecule has 2 N–H and O–H groups in total. The average molecular weight is 880 g/mol. The van der Waals surface area contributed by atoms with Crippen LogP contribution in [0.2, 0.25) is 15.1 Å². The fourth-order valence-electron chi connectivity index (χ4n) is 9.05. The number of anilines is 2.